The van der Waals surface area contributed by atoms with Crippen LogP contribution in [0.3, 0.4) is 0 Å². The predicted molar refractivity (Wildman–Crippen MR) is 163 cm³/mol. The molecule has 6 nitrogen and oxygen atoms in total. The molecule has 39 heavy (non-hydrogen) atoms. The Kier molecular flexibility index (Phi) is 9.21. The van der Waals surface area contributed by atoms with Crippen LogP contribution in [-0.4, -0.2) is 49.2 Å². The molecular formula is C33H38N4O2. The number of rotatable bonds is 11. The maximum Gasteiger partial charge on any atom is 0.330 e. The lowest BCUT2D eigenvalue weighted by Crippen LogP contribution is -2.21. The van der Waals surface area contributed by atoms with E-state index in [1.54, 1.807) is 6.08 Å². The zero-order valence-corrected chi connectivity index (χ0v) is 23.6. The molecule has 0 amide bonds. The number of aromatic amines is 1. The Hall–Kier alpha value is -4.32. The summed E-state index contributed by atoms with van der Waals surface area (Å²) in [5, 5.41) is 0. The van der Waals surface area contributed by atoms with Gasteiger partial charge in [-0.15, -0.1) is 0 Å². The minimum absolute atomic E-state index is 0.377. The second kappa shape index (κ2) is 13.0. The predicted octanol–water partition coefficient (Wildman–Crippen LogP) is 7.29. The minimum atomic E-state index is -0.377. The van der Waals surface area contributed by atoms with Crippen molar-refractivity contribution < 1.29 is 9.53 Å². The van der Waals surface area contributed by atoms with Crippen LogP contribution in [0.2, 0.25) is 0 Å². The number of nitrogens with one attached hydrogen (secondary N) is 1. The molecule has 0 saturated carbocycles. The first-order valence-electron chi connectivity index (χ1n) is 13.7. The van der Waals surface area contributed by atoms with Crippen LogP contribution in [0.1, 0.15) is 33.3 Å². The second-order valence-electron chi connectivity index (χ2n) is 9.23. The summed E-state index contributed by atoms with van der Waals surface area (Å²) in [6, 6.07) is 25.3. The molecule has 0 aliphatic rings. The number of carbonyl (C=O) groups is 1. The molecule has 3 aromatic carbocycles. The maximum atomic E-state index is 11.5. The van der Waals surface area contributed by atoms with Gasteiger partial charge in [-0.1, -0.05) is 48.5 Å². The molecule has 0 fully saturated rings. The molecule has 202 valence electrons. The number of ether oxygens (including phenoxy) is 1. The molecule has 0 aliphatic heterocycles. The number of hydrogen-bond acceptors (Lipinski definition) is 5. The van der Waals surface area contributed by atoms with Gasteiger partial charge in [0.2, 0.25) is 0 Å². The van der Waals surface area contributed by atoms with Crippen molar-refractivity contribution in [3.63, 3.8) is 0 Å². The lowest BCUT2D eigenvalue weighted by atomic mass is 10.0. The van der Waals surface area contributed by atoms with Gasteiger partial charge in [-0.3, -0.25) is 0 Å². The number of benzene rings is 3. The number of hydrogen-bond donors (Lipinski definition) is 1. The number of anilines is 2. The molecule has 6 heteroatoms. The van der Waals surface area contributed by atoms with E-state index in [0.29, 0.717) is 0 Å². The molecular weight excluding hydrogens is 484 g/mol. The maximum absolute atomic E-state index is 11.5. The fourth-order valence-electron chi connectivity index (χ4n) is 4.78. The minimum Gasteiger partial charge on any atom is -0.466 e. The van der Waals surface area contributed by atoms with Gasteiger partial charge in [0.25, 0.3) is 0 Å². The Morgan fingerprint density at radius 2 is 1.41 bits per heavy atom. The quantitative estimate of drug-likeness (QED) is 0.166. The van der Waals surface area contributed by atoms with Gasteiger partial charge >= 0.3 is 5.97 Å². The van der Waals surface area contributed by atoms with E-state index in [0.717, 1.165) is 65.6 Å². The van der Waals surface area contributed by atoms with E-state index in [2.05, 4.69) is 95.7 Å². The number of esters is 1. The van der Waals surface area contributed by atoms with Crippen LogP contribution in [0.5, 0.6) is 0 Å². The molecule has 0 unspecified atom stereocenters. The summed E-state index contributed by atoms with van der Waals surface area (Å²) in [6.07, 6.45) is 3.16. The summed E-state index contributed by atoms with van der Waals surface area (Å²) in [5.74, 6) is 0.419. The van der Waals surface area contributed by atoms with Crippen molar-refractivity contribution in [2.24, 2.45) is 0 Å². The molecule has 0 atom stereocenters. The van der Waals surface area contributed by atoms with Crippen molar-refractivity contribution in [1.29, 1.82) is 0 Å². The monoisotopic (exact) mass is 522 g/mol. The Bertz CT molecular complexity index is 1400. The zero-order valence-electron chi connectivity index (χ0n) is 23.6. The Morgan fingerprint density at radius 3 is 2.03 bits per heavy atom. The van der Waals surface area contributed by atoms with E-state index in [4.69, 9.17) is 4.98 Å². The molecule has 1 heterocycles. The third-order valence-corrected chi connectivity index (χ3v) is 7.03. The first-order valence-corrected chi connectivity index (χ1v) is 13.7. The molecule has 0 bridgehead atoms. The van der Waals surface area contributed by atoms with Crippen molar-refractivity contribution in [2.45, 2.75) is 27.7 Å². The summed E-state index contributed by atoms with van der Waals surface area (Å²) < 4.78 is 4.69. The van der Waals surface area contributed by atoms with Crippen LogP contribution in [0.4, 0.5) is 11.4 Å². The van der Waals surface area contributed by atoms with Crippen LogP contribution >= 0.6 is 0 Å². The molecule has 0 aliphatic carbocycles. The number of carbonyl (C=O) groups excluding carboxylic acids is 1. The fourth-order valence-corrected chi connectivity index (χ4v) is 4.78. The normalized spacial score (nSPS) is 11.1. The average Bonchev–Trinajstić information content (AvgIpc) is 3.43. The molecule has 1 aromatic heterocycles. The van der Waals surface area contributed by atoms with Gasteiger partial charge in [0.05, 0.1) is 18.5 Å². The average molecular weight is 523 g/mol. The Morgan fingerprint density at radius 1 is 0.795 bits per heavy atom. The van der Waals surface area contributed by atoms with Gasteiger partial charge in [-0.25, -0.2) is 9.78 Å². The van der Waals surface area contributed by atoms with E-state index in [9.17, 15) is 4.79 Å². The number of aromatic nitrogens is 2. The number of nitrogens with zero attached hydrogens (tertiary/aromatic N) is 3. The number of imidazole rings is 1. The van der Waals surface area contributed by atoms with Crippen LogP contribution in [0.15, 0.2) is 78.9 Å². The molecule has 0 saturated heterocycles. The molecule has 0 spiro atoms. The van der Waals surface area contributed by atoms with E-state index < -0.39 is 0 Å². The molecule has 4 aromatic rings. The van der Waals surface area contributed by atoms with Gasteiger partial charge in [0.1, 0.15) is 5.82 Å². The fraction of sp³-hybridized carbons (Fsp3) is 0.273. The van der Waals surface area contributed by atoms with Crippen LogP contribution < -0.4 is 9.80 Å². The van der Waals surface area contributed by atoms with E-state index in [1.807, 2.05) is 24.3 Å². The molecule has 1 N–H and O–H groups in total. The van der Waals surface area contributed by atoms with Crippen LogP contribution in [-0.2, 0) is 9.53 Å². The summed E-state index contributed by atoms with van der Waals surface area (Å²) in [4.78, 5) is 24.9. The van der Waals surface area contributed by atoms with Crippen molar-refractivity contribution in [3.05, 3.63) is 84.4 Å². The smallest absolute Gasteiger partial charge is 0.330 e. The SMILES string of the molecule is CCN(CC)c1ccc(-c2[nH]c(-c3ccc(/C=C/C(=O)OC)cc3)nc2-c2cccc(N(CC)CC)c2)cc1. The lowest BCUT2D eigenvalue weighted by Gasteiger charge is -2.21. The summed E-state index contributed by atoms with van der Waals surface area (Å²) in [6.45, 7) is 12.5. The van der Waals surface area contributed by atoms with Crippen molar-refractivity contribution in [1.82, 2.24) is 9.97 Å². The zero-order chi connectivity index (χ0) is 27.8. The van der Waals surface area contributed by atoms with Crippen molar-refractivity contribution in [2.75, 3.05) is 43.1 Å². The molecule has 4 rings (SSSR count). The Labute approximate surface area is 232 Å². The highest BCUT2D eigenvalue weighted by Gasteiger charge is 2.17. The summed E-state index contributed by atoms with van der Waals surface area (Å²) >= 11 is 0. The van der Waals surface area contributed by atoms with E-state index in [-0.39, 0.29) is 5.97 Å². The van der Waals surface area contributed by atoms with Crippen molar-refractivity contribution >= 4 is 23.4 Å². The first-order chi connectivity index (χ1) is 19.0. The van der Waals surface area contributed by atoms with Gasteiger partial charge in [-0.05, 0) is 63.6 Å². The van der Waals surface area contributed by atoms with Gasteiger partial charge in [-0.2, -0.15) is 0 Å². The van der Waals surface area contributed by atoms with Crippen LogP contribution in [0.25, 0.3) is 40.0 Å². The van der Waals surface area contributed by atoms with Crippen molar-refractivity contribution in [3.8, 4) is 33.9 Å². The van der Waals surface area contributed by atoms with E-state index in [1.165, 1.54) is 24.6 Å². The summed E-state index contributed by atoms with van der Waals surface area (Å²) in [7, 11) is 1.37. The topological polar surface area (TPSA) is 61.5 Å². The molecule has 0 radical (unpaired) electrons. The summed E-state index contributed by atoms with van der Waals surface area (Å²) in [5.41, 5.74) is 8.35. The number of H-pyrrole nitrogens is 1. The van der Waals surface area contributed by atoms with E-state index >= 15 is 0 Å². The standard InChI is InChI=1S/C33H38N4O2/c1-6-36(7-2)28-20-18-25(19-21-28)31-32(27-11-10-12-29(23-27)37(8-3)9-4)35-33(34-31)26-16-13-24(14-17-26)15-22-30(38)39-5/h10-23H,6-9H2,1-5H3,(H,34,35)/b22-15+. The highest BCUT2D eigenvalue weighted by molar-refractivity contribution is 5.87. The highest BCUT2D eigenvalue weighted by Crippen LogP contribution is 2.35. The lowest BCUT2D eigenvalue weighted by molar-refractivity contribution is -0.134. The Balaban J connectivity index is 1.77. The van der Waals surface area contributed by atoms with Crippen LogP contribution in [0, 0.1) is 0 Å². The third kappa shape index (κ3) is 6.40. The third-order valence-electron chi connectivity index (χ3n) is 7.03. The van der Waals surface area contributed by atoms with Gasteiger partial charge in [0, 0.05) is 60.3 Å². The number of methoxy groups -OCH3 is 1. The largest absolute Gasteiger partial charge is 0.466 e. The highest BCUT2D eigenvalue weighted by atomic mass is 16.5. The van der Waals surface area contributed by atoms with Gasteiger partial charge in [0.15, 0.2) is 0 Å². The second-order valence-corrected chi connectivity index (χ2v) is 9.23. The van der Waals surface area contributed by atoms with Gasteiger partial charge < -0.3 is 19.5 Å². The first kappa shape index (κ1) is 27.7.